The standard InChI is InChI=1S/C7H10N2O2S/c1-2-8-7(10)11-5-6-9-3-4-12-6/h3-4H,2,5H2,1H3,(H,8,10). The molecule has 66 valence electrons. The number of nitrogens with one attached hydrogen (secondary N) is 1. The van der Waals surface area contributed by atoms with Crippen molar-refractivity contribution in [2.24, 2.45) is 0 Å². The first-order valence-electron chi connectivity index (χ1n) is 3.62. The summed E-state index contributed by atoms with van der Waals surface area (Å²) < 4.78 is 4.82. The summed E-state index contributed by atoms with van der Waals surface area (Å²) in [4.78, 5) is 14.7. The van der Waals surface area contributed by atoms with E-state index in [1.54, 1.807) is 6.20 Å². The smallest absolute Gasteiger partial charge is 0.407 e. The van der Waals surface area contributed by atoms with Crippen LogP contribution in [0, 0.1) is 0 Å². The lowest BCUT2D eigenvalue weighted by Gasteiger charge is -2.01. The Labute approximate surface area is 74.6 Å². The van der Waals surface area contributed by atoms with E-state index in [2.05, 4.69) is 10.3 Å². The van der Waals surface area contributed by atoms with Gasteiger partial charge in [-0.3, -0.25) is 0 Å². The molecule has 1 amide bonds. The molecule has 0 aliphatic heterocycles. The minimum absolute atomic E-state index is 0.253. The number of thiazole rings is 1. The zero-order chi connectivity index (χ0) is 8.81. The van der Waals surface area contributed by atoms with Crippen LogP contribution in [0.5, 0.6) is 0 Å². The maximum Gasteiger partial charge on any atom is 0.407 e. The fourth-order valence-electron chi connectivity index (χ4n) is 0.647. The first-order chi connectivity index (χ1) is 5.83. The lowest BCUT2D eigenvalue weighted by molar-refractivity contribution is 0.140. The molecule has 0 aliphatic rings. The molecule has 0 atom stereocenters. The van der Waals surface area contributed by atoms with Gasteiger partial charge in [0.2, 0.25) is 0 Å². The Morgan fingerprint density at radius 3 is 3.25 bits per heavy atom. The molecule has 12 heavy (non-hydrogen) atoms. The topological polar surface area (TPSA) is 51.2 Å². The zero-order valence-electron chi connectivity index (χ0n) is 6.74. The lowest BCUT2D eigenvalue weighted by atomic mass is 10.7. The van der Waals surface area contributed by atoms with Crippen LogP contribution < -0.4 is 5.32 Å². The SMILES string of the molecule is CCNC(=O)OCc1nccs1. The third-order valence-corrected chi connectivity index (χ3v) is 1.88. The number of carbonyl (C=O) groups is 1. The molecule has 1 heterocycles. The molecule has 1 rings (SSSR count). The van der Waals surface area contributed by atoms with E-state index in [1.165, 1.54) is 11.3 Å². The highest BCUT2D eigenvalue weighted by molar-refractivity contribution is 7.09. The van der Waals surface area contributed by atoms with Gasteiger partial charge in [-0.05, 0) is 6.92 Å². The molecule has 0 spiro atoms. The Balaban J connectivity index is 2.22. The summed E-state index contributed by atoms with van der Waals surface area (Å²) >= 11 is 1.47. The molecule has 0 saturated carbocycles. The number of hydrogen-bond acceptors (Lipinski definition) is 4. The first kappa shape index (κ1) is 8.99. The molecule has 1 aromatic heterocycles. The van der Waals surface area contributed by atoms with Crippen molar-refractivity contribution >= 4 is 17.4 Å². The summed E-state index contributed by atoms with van der Waals surface area (Å²) in [5, 5.41) is 5.17. The molecule has 0 aliphatic carbocycles. The van der Waals surface area contributed by atoms with Crippen molar-refractivity contribution in [3.05, 3.63) is 16.6 Å². The Morgan fingerprint density at radius 2 is 2.67 bits per heavy atom. The van der Waals surface area contributed by atoms with E-state index in [0.717, 1.165) is 5.01 Å². The predicted molar refractivity (Wildman–Crippen MR) is 46.0 cm³/mol. The van der Waals surface area contributed by atoms with Crippen LogP contribution >= 0.6 is 11.3 Å². The van der Waals surface area contributed by atoms with Crippen LogP contribution in [0.2, 0.25) is 0 Å². The second-order valence-electron chi connectivity index (χ2n) is 2.03. The number of ether oxygens (including phenoxy) is 1. The Hall–Kier alpha value is -1.10. The first-order valence-corrected chi connectivity index (χ1v) is 4.50. The van der Waals surface area contributed by atoms with Gasteiger partial charge in [-0.15, -0.1) is 11.3 Å². The summed E-state index contributed by atoms with van der Waals surface area (Å²) in [7, 11) is 0. The summed E-state index contributed by atoms with van der Waals surface area (Å²) in [5.41, 5.74) is 0. The van der Waals surface area contributed by atoms with Gasteiger partial charge in [0.1, 0.15) is 11.6 Å². The van der Waals surface area contributed by atoms with E-state index >= 15 is 0 Å². The van der Waals surface area contributed by atoms with Crippen molar-refractivity contribution in [1.82, 2.24) is 10.3 Å². The Kier molecular flexibility index (Phi) is 3.53. The molecule has 0 radical (unpaired) electrons. The average molecular weight is 186 g/mol. The lowest BCUT2D eigenvalue weighted by Crippen LogP contribution is -2.23. The molecule has 0 fully saturated rings. The van der Waals surface area contributed by atoms with Crippen LogP contribution in [-0.4, -0.2) is 17.6 Å². The molecule has 4 nitrogen and oxygen atoms in total. The monoisotopic (exact) mass is 186 g/mol. The molecule has 1 aromatic rings. The van der Waals surface area contributed by atoms with Crippen molar-refractivity contribution in [2.45, 2.75) is 13.5 Å². The van der Waals surface area contributed by atoms with Gasteiger partial charge in [-0.1, -0.05) is 0 Å². The van der Waals surface area contributed by atoms with E-state index in [9.17, 15) is 4.79 Å². The third kappa shape index (κ3) is 2.87. The second-order valence-corrected chi connectivity index (χ2v) is 3.01. The zero-order valence-corrected chi connectivity index (χ0v) is 7.56. The third-order valence-electron chi connectivity index (χ3n) is 1.13. The van der Waals surface area contributed by atoms with Crippen LogP contribution in [0.3, 0.4) is 0 Å². The minimum Gasteiger partial charge on any atom is -0.442 e. The van der Waals surface area contributed by atoms with E-state index in [0.29, 0.717) is 6.54 Å². The number of nitrogens with zero attached hydrogens (tertiary/aromatic N) is 1. The maximum atomic E-state index is 10.8. The fraction of sp³-hybridized carbons (Fsp3) is 0.429. The summed E-state index contributed by atoms with van der Waals surface area (Å²) in [6, 6.07) is 0. The van der Waals surface area contributed by atoms with Gasteiger partial charge in [-0.25, -0.2) is 9.78 Å². The van der Waals surface area contributed by atoms with E-state index in [4.69, 9.17) is 4.74 Å². The molecule has 0 unspecified atom stereocenters. The van der Waals surface area contributed by atoms with Crippen molar-refractivity contribution in [3.63, 3.8) is 0 Å². The van der Waals surface area contributed by atoms with E-state index in [-0.39, 0.29) is 6.61 Å². The van der Waals surface area contributed by atoms with Gasteiger partial charge in [0.05, 0.1) is 0 Å². The van der Waals surface area contributed by atoms with Gasteiger partial charge >= 0.3 is 6.09 Å². The van der Waals surface area contributed by atoms with Gasteiger partial charge in [0.15, 0.2) is 0 Å². The normalized spacial score (nSPS) is 9.42. The summed E-state index contributed by atoms with van der Waals surface area (Å²) in [5.74, 6) is 0. The Bertz CT molecular complexity index is 236. The van der Waals surface area contributed by atoms with Gasteiger partial charge in [-0.2, -0.15) is 0 Å². The number of amides is 1. The predicted octanol–water partition coefficient (Wildman–Crippen LogP) is 1.39. The largest absolute Gasteiger partial charge is 0.442 e. The molecule has 5 heteroatoms. The number of aromatic nitrogens is 1. The average Bonchev–Trinajstić information content (AvgIpc) is 2.53. The van der Waals surface area contributed by atoms with Crippen molar-refractivity contribution < 1.29 is 9.53 Å². The van der Waals surface area contributed by atoms with Crippen LogP contribution in [0.1, 0.15) is 11.9 Å². The van der Waals surface area contributed by atoms with Crippen LogP contribution in [0.15, 0.2) is 11.6 Å². The summed E-state index contributed by atoms with van der Waals surface area (Å²) in [6.45, 7) is 2.67. The van der Waals surface area contributed by atoms with Crippen LogP contribution in [0.25, 0.3) is 0 Å². The fourth-order valence-corrected chi connectivity index (χ4v) is 1.17. The van der Waals surface area contributed by atoms with Crippen LogP contribution in [0.4, 0.5) is 4.79 Å². The number of rotatable bonds is 3. The molecule has 0 bridgehead atoms. The van der Waals surface area contributed by atoms with E-state index in [1.807, 2.05) is 12.3 Å². The number of hydrogen-bond donors (Lipinski definition) is 1. The van der Waals surface area contributed by atoms with Crippen LogP contribution in [-0.2, 0) is 11.3 Å². The highest BCUT2D eigenvalue weighted by Gasteiger charge is 2.00. The van der Waals surface area contributed by atoms with E-state index < -0.39 is 6.09 Å². The second kappa shape index (κ2) is 4.71. The van der Waals surface area contributed by atoms with Gasteiger partial charge in [0, 0.05) is 18.1 Å². The highest BCUT2D eigenvalue weighted by Crippen LogP contribution is 2.04. The van der Waals surface area contributed by atoms with Gasteiger partial charge in [0.25, 0.3) is 0 Å². The molecular weight excluding hydrogens is 176 g/mol. The number of alkyl carbamates (subject to hydrolysis) is 1. The molecule has 1 N–H and O–H groups in total. The number of carbonyl (C=O) groups excluding carboxylic acids is 1. The quantitative estimate of drug-likeness (QED) is 0.776. The maximum absolute atomic E-state index is 10.8. The minimum atomic E-state index is -0.396. The Morgan fingerprint density at radius 1 is 1.83 bits per heavy atom. The summed E-state index contributed by atoms with van der Waals surface area (Å²) in [6.07, 6.45) is 1.29. The molecule has 0 aromatic carbocycles. The van der Waals surface area contributed by atoms with Crippen molar-refractivity contribution in [1.29, 1.82) is 0 Å². The van der Waals surface area contributed by atoms with Gasteiger partial charge < -0.3 is 10.1 Å². The van der Waals surface area contributed by atoms with Crippen molar-refractivity contribution in [3.8, 4) is 0 Å². The highest BCUT2D eigenvalue weighted by atomic mass is 32.1. The van der Waals surface area contributed by atoms with Crippen molar-refractivity contribution in [2.75, 3.05) is 6.54 Å². The molecule has 0 saturated heterocycles. The molecular formula is C7H10N2O2S.